The number of aromatic nitrogens is 1. The minimum atomic E-state index is -0.411. The van der Waals surface area contributed by atoms with Gasteiger partial charge in [0.05, 0.1) is 25.8 Å². The summed E-state index contributed by atoms with van der Waals surface area (Å²) in [6.07, 6.45) is 6.72. The maximum Gasteiger partial charge on any atom is 0.181 e. The molecule has 116 valence electrons. The summed E-state index contributed by atoms with van der Waals surface area (Å²) in [6.45, 7) is 5.36. The molecule has 0 aromatic carbocycles. The van der Waals surface area contributed by atoms with E-state index < -0.39 is 5.79 Å². The minimum Gasteiger partial charge on any atom is -0.346 e. The molecule has 0 radical (unpaired) electrons. The monoisotopic (exact) mass is 291 g/mol. The predicted octanol–water partition coefficient (Wildman–Crippen LogP) is 1.70. The number of rotatable bonds is 4. The van der Waals surface area contributed by atoms with Crippen LogP contribution in [0.1, 0.15) is 37.8 Å². The lowest BCUT2D eigenvalue weighted by atomic mass is 9.94. The molecule has 21 heavy (non-hydrogen) atoms. The van der Waals surface area contributed by atoms with Crippen molar-refractivity contribution in [1.29, 1.82) is 0 Å². The molecule has 3 rings (SSSR count). The van der Waals surface area contributed by atoms with Crippen molar-refractivity contribution in [2.45, 2.75) is 44.1 Å². The van der Waals surface area contributed by atoms with E-state index in [2.05, 4.69) is 22.9 Å². The van der Waals surface area contributed by atoms with Gasteiger partial charge in [-0.1, -0.05) is 13.0 Å². The van der Waals surface area contributed by atoms with Crippen molar-refractivity contribution in [2.75, 3.05) is 26.3 Å². The molecular formula is C16H25N3O2. The van der Waals surface area contributed by atoms with Gasteiger partial charge < -0.3 is 15.2 Å². The standard InChI is InChI=1S/C16H25N3O2/c1-2-14(17)15(13-5-3-7-18-11-13)19-8-4-6-16(12-19)20-9-10-21-16/h3,5,7,11,14-15H,2,4,6,8-10,12,17H2,1H3. The highest BCUT2D eigenvalue weighted by molar-refractivity contribution is 5.17. The molecule has 1 aromatic rings. The first-order chi connectivity index (χ1) is 10.2. The van der Waals surface area contributed by atoms with Gasteiger partial charge in [-0.2, -0.15) is 0 Å². The maximum absolute atomic E-state index is 6.42. The summed E-state index contributed by atoms with van der Waals surface area (Å²) in [4.78, 5) is 6.68. The Morgan fingerprint density at radius 2 is 2.24 bits per heavy atom. The second-order valence-corrected chi connectivity index (χ2v) is 5.98. The fraction of sp³-hybridized carbons (Fsp3) is 0.688. The number of hydrogen-bond donors (Lipinski definition) is 1. The van der Waals surface area contributed by atoms with Crippen LogP contribution in [0.3, 0.4) is 0 Å². The van der Waals surface area contributed by atoms with E-state index >= 15 is 0 Å². The Morgan fingerprint density at radius 1 is 1.43 bits per heavy atom. The maximum atomic E-state index is 6.42. The molecule has 2 saturated heterocycles. The molecule has 2 aliphatic heterocycles. The quantitative estimate of drug-likeness (QED) is 0.915. The van der Waals surface area contributed by atoms with E-state index in [4.69, 9.17) is 15.2 Å². The first kappa shape index (κ1) is 14.9. The number of nitrogens with two attached hydrogens (primary N) is 1. The van der Waals surface area contributed by atoms with Crippen LogP contribution >= 0.6 is 0 Å². The van der Waals surface area contributed by atoms with Crippen molar-refractivity contribution in [1.82, 2.24) is 9.88 Å². The smallest absolute Gasteiger partial charge is 0.181 e. The minimum absolute atomic E-state index is 0.0887. The molecule has 1 spiro atoms. The molecule has 0 amide bonds. The first-order valence-corrected chi connectivity index (χ1v) is 7.91. The van der Waals surface area contributed by atoms with Gasteiger partial charge >= 0.3 is 0 Å². The summed E-state index contributed by atoms with van der Waals surface area (Å²) in [7, 11) is 0. The Morgan fingerprint density at radius 3 is 2.90 bits per heavy atom. The third kappa shape index (κ3) is 3.11. The molecule has 3 heterocycles. The van der Waals surface area contributed by atoms with Crippen molar-refractivity contribution in [3.63, 3.8) is 0 Å². The van der Waals surface area contributed by atoms with Crippen molar-refractivity contribution in [3.8, 4) is 0 Å². The highest BCUT2D eigenvalue weighted by Crippen LogP contribution is 2.35. The topological polar surface area (TPSA) is 60.6 Å². The lowest BCUT2D eigenvalue weighted by Gasteiger charge is -2.44. The van der Waals surface area contributed by atoms with Crippen LogP contribution < -0.4 is 5.73 Å². The summed E-state index contributed by atoms with van der Waals surface area (Å²) >= 11 is 0. The largest absolute Gasteiger partial charge is 0.346 e. The third-order valence-corrected chi connectivity index (χ3v) is 4.56. The SMILES string of the molecule is CCC(N)C(c1cccnc1)N1CCCC2(C1)OCCO2. The second kappa shape index (κ2) is 6.40. The lowest BCUT2D eigenvalue weighted by Crippen LogP contribution is -2.53. The predicted molar refractivity (Wildman–Crippen MR) is 80.7 cm³/mol. The summed E-state index contributed by atoms with van der Waals surface area (Å²) in [5.74, 6) is -0.411. The molecule has 2 unspecified atom stereocenters. The van der Waals surface area contributed by atoms with E-state index in [-0.39, 0.29) is 12.1 Å². The molecule has 5 nitrogen and oxygen atoms in total. The number of piperidine rings is 1. The molecule has 2 fully saturated rings. The number of ether oxygens (including phenoxy) is 2. The van der Waals surface area contributed by atoms with Crippen molar-refractivity contribution >= 4 is 0 Å². The van der Waals surface area contributed by atoms with E-state index in [1.807, 2.05) is 12.3 Å². The Balaban J connectivity index is 1.82. The van der Waals surface area contributed by atoms with Crippen LogP contribution in [0.15, 0.2) is 24.5 Å². The highest BCUT2D eigenvalue weighted by Gasteiger charge is 2.43. The van der Waals surface area contributed by atoms with Crippen LogP contribution in [0.2, 0.25) is 0 Å². The zero-order valence-electron chi connectivity index (χ0n) is 12.7. The zero-order valence-corrected chi connectivity index (χ0v) is 12.7. The van der Waals surface area contributed by atoms with Crippen LogP contribution in [0.25, 0.3) is 0 Å². The summed E-state index contributed by atoms with van der Waals surface area (Å²) in [5, 5.41) is 0. The fourth-order valence-electron chi connectivity index (χ4n) is 3.49. The number of likely N-dealkylation sites (tertiary alicyclic amines) is 1. The highest BCUT2D eigenvalue weighted by atomic mass is 16.7. The molecule has 5 heteroatoms. The lowest BCUT2D eigenvalue weighted by molar-refractivity contribution is -0.195. The fourth-order valence-corrected chi connectivity index (χ4v) is 3.49. The van der Waals surface area contributed by atoms with Gasteiger partial charge in [-0.15, -0.1) is 0 Å². The van der Waals surface area contributed by atoms with Crippen LogP contribution in [-0.2, 0) is 9.47 Å². The molecule has 2 atom stereocenters. The Kier molecular flexibility index (Phi) is 4.54. The van der Waals surface area contributed by atoms with E-state index in [0.717, 1.165) is 32.4 Å². The normalized spacial score (nSPS) is 25.0. The third-order valence-electron chi connectivity index (χ3n) is 4.56. The first-order valence-electron chi connectivity index (χ1n) is 7.91. The number of pyridine rings is 1. The Hall–Kier alpha value is -1.01. The summed E-state index contributed by atoms with van der Waals surface area (Å²) in [6, 6.07) is 4.36. The number of nitrogens with zero attached hydrogens (tertiary/aromatic N) is 2. The molecule has 0 bridgehead atoms. The van der Waals surface area contributed by atoms with Gasteiger partial charge in [0.1, 0.15) is 0 Å². The van der Waals surface area contributed by atoms with E-state index in [1.165, 1.54) is 5.56 Å². The molecular weight excluding hydrogens is 266 g/mol. The average Bonchev–Trinajstić information content (AvgIpc) is 2.96. The molecule has 1 aromatic heterocycles. The van der Waals surface area contributed by atoms with Crippen LogP contribution in [0, 0.1) is 0 Å². The van der Waals surface area contributed by atoms with Crippen LogP contribution in [-0.4, -0.2) is 48.0 Å². The van der Waals surface area contributed by atoms with Crippen molar-refractivity contribution in [2.24, 2.45) is 5.73 Å². The average molecular weight is 291 g/mol. The van der Waals surface area contributed by atoms with Gasteiger partial charge in [-0.05, 0) is 31.0 Å². The molecule has 2 aliphatic rings. The number of hydrogen-bond acceptors (Lipinski definition) is 5. The van der Waals surface area contributed by atoms with Crippen LogP contribution in [0.5, 0.6) is 0 Å². The van der Waals surface area contributed by atoms with Gasteiger partial charge in [0.25, 0.3) is 0 Å². The van der Waals surface area contributed by atoms with Gasteiger partial charge in [0, 0.05) is 24.9 Å². The van der Waals surface area contributed by atoms with E-state index in [0.29, 0.717) is 13.2 Å². The van der Waals surface area contributed by atoms with Crippen LogP contribution in [0.4, 0.5) is 0 Å². The van der Waals surface area contributed by atoms with Gasteiger partial charge in [0.2, 0.25) is 0 Å². The molecule has 0 aliphatic carbocycles. The second-order valence-electron chi connectivity index (χ2n) is 5.98. The van der Waals surface area contributed by atoms with E-state index in [1.54, 1.807) is 6.20 Å². The van der Waals surface area contributed by atoms with Gasteiger partial charge in [-0.3, -0.25) is 9.88 Å². The molecule has 0 saturated carbocycles. The van der Waals surface area contributed by atoms with Gasteiger partial charge in [0.15, 0.2) is 5.79 Å². The molecule has 2 N–H and O–H groups in total. The summed E-state index contributed by atoms with van der Waals surface area (Å²) < 4.78 is 11.8. The Labute approximate surface area is 126 Å². The summed E-state index contributed by atoms with van der Waals surface area (Å²) in [5.41, 5.74) is 7.60. The zero-order chi connectivity index (χ0) is 14.7. The van der Waals surface area contributed by atoms with Gasteiger partial charge in [-0.25, -0.2) is 0 Å². The van der Waals surface area contributed by atoms with Crippen molar-refractivity contribution in [3.05, 3.63) is 30.1 Å². The van der Waals surface area contributed by atoms with E-state index in [9.17, 15) is 0 Å². The van der Waals surface area contributed by atoms with Crippen molar-refractivity contribution < 1.29 is 9.47 Å². The Bertz CT molecular complexity index is 448.